The third kappa shape index (κ3) is 3.67. The maximum atomic E-state index is 10.9. The largest absolute Gasteiger partial charge is 0.505 e. The number of aromatic hydroxyl groups is 1. The van der Waals surface area contributed by atoms with Gasteiger partial charge in [-0.25, -0.2) is 0 Å². The predicted molar refractivity (Wildman–Crippen MR) is 114 cm³/mol. The van der Waals surface area contributed by atoms with Gasteiger partial charge in [-0.3, -0.25) is 4.98 Å². The molecule has 3 aromatic carbocycles. The van der Waals surface area contributed by atoms with Gasteiger partial charge >= 0.3 is 0 Å². The number of halogens is 1. The van der Waals surface area contributed by atoms with Crippen molar-refractivity contribution in [2.75, 3.05) is 5.32 Å². The Kier molecular flexibility index (Phi) is 4.82. The van der Waals surface area contributed by atoms with Gasteiger partial charge in [-0.1, -0.05) is 64.0 Å². The second-order valence-electron chi connectivity index (χ2n) is 6.57. The summed E-state index contributed by atoms with van der Waals surface area (Å²) in [4.78, 5) is 4.36. The number of hydrogen-bond acceptors (Lipinski definition) is 3. The summed E-state index contributed by atoms with van der Waals surface area (Å²) in [6.07, 6.45) is 1.70. The molecule has 4 rings (SSSR count). The molecule has 3 nitrogen and oxygen atoms in total. The average Bonchev–Trinajstić information content (AvgIpc) is 2.69. The number of aromatic nitrogens is 1. The summed E-state index contributed by atoms with van der Waals surface area (Å²) >= 11 is 3.49. The third-order valence-corrected chi connectivity index (χ3v) is 5.18. The number of fused-ring (bicyclic) bond motifs is 1. The van der Waals surface area contributed by atoms with E-state index in [1.165, 1.54) is 5.56 Å². The number of pyridine rings is 1. The van der Waals surface area contributed by atoms with E-state index >= 15 is 0 Å². The molecule has 0 amide bonds. The van der Waals surface area contributed by atoms with Crippen molar-refractivity contribution in [3.8, 4) is 5.75 Å². The first kappa shape index (κ1) is 17.6. The van der Waals surface area contributed by atoms with E-state index in [0.717, 1.165) is 26.7 Å². The molecule has 4 heteroatoms. The Morgan fingerprint density at radius 3 is 2.41 bits per heavy atom. The molecule has 0 bridgehead atoms. The van der Waals surface area contributed by atoms with E-state index in [1.54, 1.807) is 6.20 Å². The predicted octanol–water partition coefficient (Wildman–Crippen LogP) is 6.21. The lowest BCUT2D eigenvalue weighted by Gasteiger charge is -2.23. The first-order valence-electron chi connectivity index (χ1n) is 8.77. The molecule has 1 unspecified atom stereocenters. The molecule has 0 saturated carbocycles. The van der Waals surface area contributed by atoms with E-state index < -0.39 is 0 Å². The van der Waals surface area contributed by atoms with E-state index in [1.807, 2.05) is 36.4 Å². The number of rotatable bonds is 4. The van der Waals surface area contributed by atoms with Crippen LogP contribution in [0.3, 0.4) is 0 Å². The van der Waals surface area contributed by atoms with Gasteiger partial charge in [-0.15, -0.1) is 0 Å². The number of nitrogens with zero attached hydrogens (tertiary/aromatic N) is 1. The van der Waals surface area contributed by atoms with Gasteiger partial charge in [0.1, 0.15) is 11.3 Å². The summed E-state index contributed by atoms with van der Waals surface area (Å²) in [5.74, 6) is 0.209. The highest BCUT2D eigenvalue weighted by atomic mass is 79.9. The van der Waals surface area contributed by atoms with Crippen LogP contribution in [0.25, 0.3) is 10.9 Å². The van der Waals surface area contributed by atoms with Crippen molar-refractivity contribution in [2.24, 2.45) is 0 Å². The minimum atomic E-state index is -0.202. The normalized spacial score (nSPS) is 12.1. The van der Waals surface area contributed by atoms with Crippen molar-refractivity contribution in [3.05, 3.63) is 100 Å². The van der Waals surface area contributed by atoms with Crippen molar-refractivity contribution in [1.82, 2.24) is 4.98 Å². The first-order valence-corrected chi connectivity index (χ1v) is 9.56. The van der Waals surface area contributed by atoms with Crippen molar-refractivity contribution in [3.63, 3.8) is 0 Å². The van der Waals surface area contributed by atoms with Gasteiger partial charge in [0.05, 0.1) is 6.04 Å². The van der Waals surface area contributed by atoms with Gasteiger partial charge in [-0.2, -0.15) is 0 Å². The van der Waals surface area contributed by atoms with Crippen LogP contribution in [-0.4, -0.2) is 10.1 Å². The zero-order valence-corrected chi connectivity index (χ0v) is 16.4. The van der Waals surface area contributed by atoms with E-state index in [2.05, 4.69) is 69.6 Å². The fraction of sp³-hybridized carbons (Fsp3) is 0.0870. The first-order chi connectivity index (χ1) is 13.1. The highest BCUT2D eigenvalue weighted by Gasteiger charge is 2.20. The van der Waals surface area contributed by atoms with Crippen molar-refractivity contribution >= 4 is 32.5 Å². The summed E-state index contributed by atoms with van der Waals surface area (Å²) in [6, 6.07) is 24.0. The second-order valence-corrected chi connectivity index (χ2v) is 7.49. The van der Waals surface area contributed by atoms with Gasteiger partial charge in [0.2, 0.25) is 0 Å². The highest BCUT2D eigenvalue weighted by Crippen LogP contribution is 2.36. The zero-order valence-electron chi connectivity index (χ0n) is 14.9. The summed E-state index contributed by atoms with van der Waals surface area (Å²) in [5, 5.41) is 15.4. The second kappa shape index (κ2) is 7.41. The molecular weight excluding hydrogens is 400 g/mol. The summed E-state index contributed by atoms with van der Waals surface area (Å²) in [5.41, 5.74) is 4.67. The molecule has 0 fully saturated rings. The molecule has 1 heterocycles. The molecule has 1 aromatic heterocycles. The third-order valence-electron chi connectivity index (χ3n) is 4.66. The van der Waals surface area contributed by atoms with Crippen LogP contribution in [0, 0.1) is 6.92 Å². The molecule has 0 saturated heterocycles. The molecule has 4 aromatic rings. The number of hydrogen-bond donors (Lipinski definition) is 2. The Labute approximate surface area is 166 Å². The van der Waals surface area contributed by atoms with Crippen molar-refractivity contribution in [1.29, 1.82) is 0 Å². The standard InChI is InChI=1S/C23H19BrN2O/c1-15-4-11-19(12-5-15)26-21(17-6-9-18(24)10-7-17)20-13-8-16-3-2-14-25-22(16)23(20)27/h2-14,21,26-27H,1H3. The lowest BCUT2D eigenvalue weighted by Crippen LogP contribution is -2.13. The maximum absolute atomic E-state index is 10.9. The quantitative estimate of drug-likeness (QED) is 0.413. The van der Waals surface area contributed by atoms with E-state index in [4.69, 9.17) is 0 Å². The fourth-order valence-electron chi connectivity index (χ4n) is 3.19. The van der Waals surface area contributed by atoms with Crippen LogP contribution in [0.5, 0.6) is 5.75 Å². The van der Waals surface area contributed by atoms with Crippen LogP contribution in [0.1, 0.15) is 22.7 Å². The zero-order chi connectivity index (χ0) is 18.8. The van der Waals surface area contributed by atoms with E-state index in [-0.39, 0.29) is 11.8 Å². The Hall–Kier alpha value is -2.85. The topological polar surface area (TPSA) is 45.2 Å². The van der Waals surface area contributed by atoms with Crippen LogP contribution in [0.15, 0.2) is 83.5 Å². The smallest absolute Gasteiger partial charge is 0.147 e. The Morgan fingerprint density at radius 1 is 0.926 bits per heavy atom. The van der Waals surface area contributed by atoms with Gasteiger partial charge < -0.3 is 10.4 Å². The molecule has 134 valence electrons. The molecule has 0 aliphatic carbocycles. The number of nitrogens with one attached hydrogen (secondary N) is 1. The molecule has 0 spiro atoms. The summed E-state index contributed by atoms with van der Waals surface area (Å²) < 4.78 is 1.02. The summed E-state index contributed by atoms with van der Waals surface area (Å²) in [7, 11) is 0. The number of phenolic OH excluding ortho intramolecular Hbond substituents is 1. The minimum Gasteiger partial charge on any atom is -0.505 e. The highest BCUT2D eigenvalue weighted by molar-refractivity contribution is 9.10. The number of phenols is 1. The Balaban J connectivity index is 1.83. The molecule has 0 radical (unpaired) electrons. The lowest BCUT2D eigenvalue weighted by molar-refractivity contribution is 0.472. The van der Waals surface area contributed by atoms with Gasteiger partial charge in [0.15, 0.2) is 0 Å². The number of benzene rings is 3. The molecular formula is C23H19BrN2O. The van der Waals surface area contributed by atoms with Crippen molar-refractivity contribution < 1.29 is 5.11 Å². The molecule has 2 N–H and O–H groups in total. The minimum absolute atomic E-state index is 0.202. The SMILES string of the molecule is Cc1ccc(NC(c2ccc(Br)cc2)c2ccc3cccnc3c2O)cc1. The Morgan fingerprint density at radius 2 is 1.67 bits per heavy atom. The van der Waals surface area contributed by atoms with E-state index in [9.17, 15) is 5.11 Å². The summed E-state index contributed by atoms with van der Waals surface area (Å²) in [6.45, 7) is 2.07. The monoisotopic (exact) mass is 418 g/mol. The number of anilines is 1. The van der Waals surface area contributed by atoms with Crippen LogP contribution in [-0.2, 0) is 0 Å². The van der Waals surface area contributed by atoms with Crippen molar-refractivity contribution in [2.45, 2.75) is 13.0 Å². The fourth-order valence-corrected chi connectivity index (χ4v) is 3.45. The van der Waals surface area contributed by atoms with Crippen LogP contribution in [0.2, 0.25) is 0 Å². The Bertz CT molecular complexity index is 1080. The van der Waals surface area contributed by atoms with Crippen LogP contribution in [0.4, 0.5) is 5.69 Å². The average molecular weight is 419 g/mol. The van der Waals surface area contributed by atoms with E-state index in [0.29, 0.717) is 5.52 Å². The van der Waals surface area contributed by atoms with Crippen LogP contribution >= 0.6 is 15.9 Å². The molecule has 0 aliphatic rings. The number of aryl methyl sites for hydroxylation is 1. The van der Waals surface area contributed by atoms with Gasteiger partial charge in [0.25, 0.3) is 0 Å². The van der Waals surface area contributed by atoms with Crippen LogP contribution < -0.4 is 5.32 Å². The maximum Gasteiger partial charge on any atom is 0.147 e. The van der Waals surface area contributed by atoms with Gasteiger partial charge in [-0.05, 0) is 42.8 Å². The van der Waals surface area contributed by atoms with Gasteiger partial charge in [0, 0.05) is 27.3 Å². The molecule has 1 atom stereocenters. The lowest BCUT2D eigenvalue weighted by atomic mass is 9.96. The molecule has 0 aliphatic heterocycles. The molecule has 27 heavy (non-hydrogen) atoms.